The zero-order valence-corrected chi connectivity index (χ0v) is 16.2. The van der Waals surface area contributed by atoms with Crippen LogP contribution in [-0.2, 0) is 14.3 Å². The van der Waals surface area contributed by atoms with Crippen LogP contribution in [0.2, 0.25) is 0 Å². The average molecular weight is 401 g/mol. The van der Waals surface area contributed by atoms with Gasteiger partial charge in [-0.15, -0.1) is 0 Å². The predicted octanol–water partition coefficient (Wildman–Crippen LogP) is 3.24. The molecule has 0 spiro atoms. The van der Waals surface area contributed by atoms with Crippen LogP contribution in [0.3, 0.4) is 0 Å². The molecule has 0 atom stereocenters. The number of hydrogen-bond donors (Lipinski definition) is 1. The van der Waals surface area contributed by atoms with E-state index in [0.29, 0.717) is 17.1 Å². The van der Waals surface area contributed by atoms with Crippen molar-refractivity contribution in [2.45, 2.75) is 6.92 Å². The number of methoxy groups -OCH3 is 2. The minimum absolute atomic E-state index is 0.224. The van der Waals surface area contributed by atoms with Crippen molar-refractivity contribution in [2.24, 2.45) is 0 Å². The number of ketones is 1. The maximum atomic E-state index is 14.0. The van der Waals surface area contributed by atoms with Crippen LogP contribution >= 0.6 is 0 Å². The van der Waals surface area contributed by atoms with Gasteiger partial charge in [-0.1, -0.05) is 6.07 Å². The number of carbonyl (C=O) groups excluding carboxylic acids is 3. The van der Waals surface area contributed by atoms with Crippen LogP contribution in [0.4, 0.5) is 10.1 Å². The van der Waals surface area contributed by atoms with Crippen molar-refractivity contribution in [1.82, 2.24) is 0 Å². The van der Waals surface area contributed by atoms with Gasteiger partial charge in [0.15, 0.2) is 18.1 Å². The highest BCUT2D eigenvalue weighted by Crippen LogP contribution is 2.28. The molecule has 0 saturated heterocycles. The van der Waals surface area contributed by atoms with Gasteiger partial charge < -0.3 is 19.5 Å². The molecule has 0 heterocycles. The van der Waals surface area contributed by atoms with Crippen molar-refractivity contribution < 1.29 is 33.0 Å². The lowest BCUT2D eigenvalue weighted by Gasteiger charge is -2.07. The van der Waals surface area contributed by atoms with E-state index in [1.54, 1.807) is 18.2 Å². The molecule has 0 aromatic heterocycles. The van der Waals surface area contributed by atoms with E-state index in [1.165, 1.54) is 39.4 Å². The maximum absolute atomic E-state index is 14.0. The lowest BCUT2D eigenvalue weighted by atomic mass is 10.1. The van der Waals surface area contributed by atoms with Gasteiger partial charge in [-0.25, -0.2) is 9.18 Å². The van der Waals surface area contributed by atoms with E-state index in [0.717, 1.165) is 12.1 Å². The number of esters is 1. The largest absolute Gasteiger partial charge is 0.493 e. The molecule has 0 aliphatic heterocycles. The summed E-state index contributed by atoms with van der Waals surface area (Å²) in [4.78, 5) is 34.9. The van der Waals surface area contributed by atoms with Crippen molar-refractivity contribution in [2.75, 3.05) is 26.1 Å². The molecule has 0 bridgehead atoms. The fraction of sp³-hybridized carbons (Fsp3) is 0.190. The summed E-state index contributed by atoms with van der Waals surface area (Å²) in [6.07, 6.45) is 2.63. The molecule has 152 valence electrons. The van der Waals surface area contributed by atoms with Gasteiger partial charge in [0.1, 0.15) is 5.82 Å². The Labute approximate surface area is 167 Å². The number of nitrogens with one attached hydrogen (secondary N) is 1. The second-order valence-electron chi connectivity index (χ2n) is 5.85. The first-order chi connectivity index (χ1) is 13.8. The summed E-state index contributed by atoms with van der Waals surface area (Å²) in [5, 5.41) is 2.41. The Hall–Kier alpha value is -3.68. The van der Waals surface area contributed by atoms with E-state index in [2.05, 4.69) is 5.32 Å². The van der Waals surface area contributed by atoms with E-state index in [1.807, 2.05) is 0 Å². The number of benzene rings is 2. The summed E-state index contributed by atoms with van der Waals surface area (Å²) >= 11 is 0. The lowest BCUT2D eigenvalue weighted by Crippen LogP contribution is -2.14. The summed E-state index contributed by atoms with van der Waals surface area (Å²) in [5.41, 5.74) is 0.641. The second-order valence-corrected chi connectivity index (χ2v) is 5.85. The van der Waals surface area contributed by atoms with E-state index in [4.69, 9.17) is 14.2 Å². The molecule has 7 nitrogen and oxygen atoms in total. The third-order valence-corrected chi connectivity index (χ3v) is 3.75. The zero-order chi connectivity index (χ0) is 21.4. The van der Waals surface area contributed by atoms with Gasteiger partial charge in [-0.05, 0) is 42.0 Å². The number of ether oxygens (including phenoxy) is 3. The number of rotatable bonds is 8. The monoisotopic (exact) mass is 401 g/mol. The van der Waals surface area contributed by atoms with Gasteiger partial charge in [0.2, 0.25) is 11.7 Å². The smallest absolute Gasteiger partial charge is 0.331 e. The van der Waals surface area contributed by atoms with Gasteiger partial charge in [0.25, 0.3) is 0 Å². The zero-order valence-electron chi connectivity index (χ0n) is 16.2. The Kier molecular flexibility index (Phi) is 7.47. The molecule has 2 rings (SSSR count). The number of amides is 1. The Bertz CT molecular complexity index is 954. The Morgan fingerprint density at radius 2 is 1.76 bits per heavy atom. The first kappa shape index (κ1) is 21.6. The molecular formula is C21H20FNO6. The second kappa shape index (κ2) is 10.0. The van der Waals surface area contributed by atoms with Crippen LogP contribution < -0.4 is 14.8 Å². The van der Waals surface area contributed by atoms with Crippen LogP contribution in [0.15, 0.2) is 42.5 Å². The maximum Gasteiger partial charge on any atom is 0.331 e. The third-order valence-electron chi connectivity index (χ3n) is 3.75. The Morgan fingerprint density at radius 1 is 1.03 bits per heavy atom. The van der Waals surface area contributed by atoms with Crippen LogP contribution in [0.5, 0.6) is 11.5 Å². The summed E-state index contributed by atoms with van der Waals surface area (Å²) in [6, 6.07) is 8.68. The normalized spacial score (nSPS) is 10.5. The van der Waals surface area contributed by atoms with Gasteiger partial charge in [-0.2, -0.15) is 0 Å². The molecular weight excluding hydrogens is 381 g/mol. The van der Waals surface area contributed by atoms with Crippen LogP contribution in [-0.4, -0.2) is 38.5 Å². The number of carbonyl (C=O) groups is 3. The first-order valence-corrected chi connectivity index (χ1v) is 8.51. The van der Waals surface area contributed by atoms with Gasteiger partial charge in [0.05, 0.1) is 19.8 Å². The van der Waals surface area contributed by atoms with E-state index in [-0.39, 0.29) is 17.2 Å². The lowest BCUT2D eigenvalue weighted by molar-refractivity contribution is -0.136. The number of halogens is 1. The van der Waals surface area contributed by atoms with Gasteiger partial charge in [-0.3, -0.25) is 9.59 Å². The van der Waals surface area contributed by atoms with Crippen molar-refractivity contribution in [1.29, 1.82) is 0 Å². The first-order valence-electron chi connectivity index (χ1n) is 8.51. The molecule has 0 aliphatic carbocycles. The highest BCUT2D eigenvalue weighted by atomic mass is 19.1. The molecule has 0 unspecified atom stereocenters. The highest BCUT2D eigenvalue weighted by Gasteiger charge is 2.14. The third kappa shape index (κ3) is 6.17. The fourth-order valence-corrected chi connectivity index (χ4v) is 2.41. The molecule has 0 aliphatic rings. The van der Waals surface area contributed by atoms with Crippen molar-refractivity contribution in [3.63, 3.8) is 0 Å². The predicted molar refractivity (Wildman–Crippen MR) is 105 cm³/mol. The number of hydrogen-bond acceptors (Lipinski definition) is 6. The topological polar surface area (TPSA) is 90.9 Å². The van der Waals surface area contributed by atoms with Crippen LogP contribution in [0, 0.1) is 5.82 Å². The minimum atomic E-state index is -0.821. The molecule has 0 fully saturated rings. The molecule has 2 aromatic carbocycles. The van der Waals surface area contributed by atoms with Gasteiger partial charge >= 0.3 is 5.97 Å². The van der Waals surface area contributed by atoms with Crippen molar-refractivity contribution in [3.05, 3.63) is 59.4 Å². The summed E-state index contributed by atoms with van der Waals surface area (Å²) < 4.78 is 29.2. The van der Waals surface area contributed by atoms with Crippen LogP contribution in [0.25, 0.3) is 6.08 Å². The summed E-state index contributed by atoms with van der Waals surface area (Å²) in [7, 11) is 3.00. The van der Waals surface area contributed by atoms with E-state index in [9.17, 15) is 18.8 Å². The Balaban J connectivity index is 1.96. The molecule has 29 heavy (non-hydrogen) atoms. The standard InChI is InChI=1S/C21H20FNO6/c1-13(24)23-15-6-7-16(17(22)11-15)18(25)12-29-21(26)9-5-14-4-8-19(27-2)20(10-14)28-3/h4-11H,12H2,1-3H3,(H,23,24)/b9-5+. The van der Waals surface area contributed by atoms with Gasteiger partial charge in [0, 0.05) is 18.7 Å². The quantitative estimate of drug-likeness (QED) is 0.415. The molecule has 1 amide bonds. The highest BCUT2D eigenvalue weighted by molar-refractivity contribution is 5.99. The average Bonchev–Trinajstić information content (AvgIpc) is 2.69. The molecule has 0 radical (unpaired) electrons. The van der Waals surface area contributed by atoms with E-state index < -0.39 is 24.2 Å². The molecule has 8 heteroatoms. The number of Topliss-reactive ketones (excluding diaryl/α,β-unsaturated/α-hetero) is 1. The Morgan fingerprint density at radius 3 is 2.38 bits per heavy atom. The SMILES string of the molecule is COc1ccc(/C=C/C(=O)OCC(=O)c2ccc(NC(C)=O)cc2F)cc1OC. The van der Waals surface area contributed by atoms with Crippen molar-refractivity contribution >= 4 is 29.4 Å². The summed E-state index contributed by atoms with van der Waals surface area (Å²) in [5.74, 6) is -1.61. The minimum Gasteiger partial charge on any atom is -0.493 e. The molecule has 1 N–H and O–H groups in total. The summed E-state index contributed by atoms with van der Waals surface area (Å²) in [6.45, 7) is 0.664. The van der Waals surface area contributed by atoms with Crippen molar-refractivity contribution in [3.8, 4) is 11.5 Å². The molecule has 0 saturated carbocycles. The molecule has 2 aromatic rings. The number of anilines is 1. The fourth-order valence-electron chi connectivity index (χ4n) is 2.41. The van der Waals surface area contributed by atoms with E-state index >= 15 is 0 Å². The van der Waals surface area contributed by atoms with Crippen LogP contribution in [0.1, 0.15) is 22.8 Å².